The number of nitrogens with zero attached hydrogens (tertiary/aromatic N) is 1. The molecule has 0 fully saturated rings. The maximum Gasteiger partial charge on any atom is 0.212 e. The molecular formula is C7H8N2O. The van der Waals surface area contributed by atoms with Crippen molar-refractivity contribution in [2.24, 2.45) is 4.99 Å². The van der Waals surface area contributed by atoms with E-state index in [0.29, 0.717) is 0 Å². The highest BCUT2D eigenvalue weighted by Crippen LogP contribution is 2.10. The van der Waals surface area contributed by atoms with Crippen molar-refractivity contribution < 1.29 is 4.74 Å². The molecule has 2 rings (SSSR count). The van der Waals surface area contributed by atoms with Crippen molar-refractivity contribution in [2.75, 3.05) is 0 Å². The second kappa shape index (κ2) is 2.17. The average Bonchev–Trinajstić information content (AvgIpc) is 2.05. The molecule has 0 spiro atoms. The Morgan fingerprint density at radius 2 is 2.50 bits per heavy atom. The Bertz CT molecular complexity index is 186. The molecule has 2 atom stereocenters. The van der Waals surface area contributed by atoms with Gasteiger partial charge in [0.15, 0.2) is 0 Å². The molecule has 2 unspecified atom stereocenters. The number of ether oxygens (including phenoxy) is 1. The summed E-state index contributed by atoms with van der Waals surface area (Å²) in [5.74, 6) is 0. The fourth-order valence-electron chi connectivity index (χ4n) is 1.02. The zero-order valence-corrected chi connectivity index (χ0v) is 5.40. The van der Waals surface area contributed by atoms with Gasteiger partial charge in [0.25, 0.3) is 0 Å². The van der Waals surface area contributed by atoms with Crippen LogP contribution in [0.2, 0.25) is 0 Å². The molecule has 0 aliphatic carbocycles. The second-order valence-electron chi connectivity index (χ2n) is 2.20. The third-order valence-electron chi connectivity index (χ3n) is 1.52. The van der Waals surface area contributed by atoms with E-state index in [2.05, 4.69) is 10.3 Å². The van der Waals surface area contributed by atoms with Gasteiger partial charge in [-0.2, -0.15) is 0 Å². The van der Waals surface area contributed by atoms with Crippen LogP contribution < -0.4 is 5.32 Å². The molecule has 2 aliphatic heterocycles. The third kappa shape index (κ3) is 0.795. The van der Waals surface area contributed by atoms with E-state index in [1.54, 1.807) is 18.7 Å². The molecule has 2 heterocycles. The molecular weight excluding hydrogens is 128 g/mol. The van der Waals surface area contributed by atoms with Crippen LogP contribution in [-0.2, 0) is 4.74 Å². The number of hydrogen-bond donors (Lipinski definition) is 1. The second-order valence-corrected chi connectivity index (χ2v) is 2.20. The van der Waals surface area contributed by atoms with Crippen molar-refractivity contribution in [3.05, 3.63) is 24.6 Å². The van der Waals surface area contributed by atoms with Crippen molar-refractivity contribution in [1.29, 1.82) is 0 Å². The van der Waals surface area contributed by atoms with Gasteiger partial charge in [-0.3, -0.25) is 0 Å². The summed E-state index contributed by atoms with van der Waals surface area (Å²) in [7, 11) is 0. The minimum atomic E-state index is -0.0602. The largest absolute Gasteiger partial charge is 0.472 e. The van der Waals surface area contributed by atoms with Crippen LogP contribution in [0.4, 0.5) is 0 Å². The first-order valence-electron chi connectivity index (χ1n) is 3.23. The van der Waals surface area contributed by atoms with E-state index in [1.165, 1.54) is 0 Å². The lowest BCUT2D eigenvalue weighted by atomic mass is 10.2. The summed E-state index contributed by atoms with van der Waals surface area (Å²) in [4.78, 5) is 4.10. The molecule has 0 aromatic rings. The molecule has 1 N–H and O–H groups in total. The summed E-state index contributed by atoms with van der Waals surface area (Å²) in [5, 5.41) is 3.11. The highest BCUT2D eigenvalue weighted by atomic mass is 16.5. The molecule has 0 aromatic carbocycles. The highest BCUT2D eigenvalue weighted by molar-refractivity contribution is 5.72. The van der Waals surface area contributed by atoms with Gasteiger partial charge in [-0.15, -0.1) is 0 Å². The Labute approximate surface area is 59.1 Å². The van der Waals surface area contributed by atoms with Crippen LogP contribution in [0, 0.1) is 0 Å². The number of hydrogen-bond acceptors (Lipinski definition) is 3. The Balaban J connectivity index is 2.19. The molecule has 2 aliphatic rings. The van der Waals surface area contributed by atoms with Crippen LogP contribution in [0.15, 0.2) is 29.6 Å². The van der Waals surface area contributed by atoms with Gasteiger partial charge in [-0.25, -0.2) is 4.99 Å². The van der Waals surface area contributed by atoms with Gasteiger partial charge in [0.1, 0.15) is 12.3 Å². The van der Waals surface area contributed by atoms with Crippen molar-refractivity contribution in [2.45, 2.75) is 12.3 Å². The predicted molar refractivity (Wildman–Crippen MR) is 38.6 cm³/mol. The van der Waals surface area contributed by atoms with Gasteiger partial charge in [0, 0.05) is 12.4 Å². The van der Waals surface area contributed by atoms with E-state index < -0.39 is 0 Å². The summed E-state index contributed by atoms with van der Waals surface area (Å²) < 4.78 is 5.19. The molecule has 10 heavy (non-hydrogen) atoms. The van der Waals surface area contributed by atoms with E-state index in [4.69, 9.17) is 4.74 Å². The van der Waals surface area contributed by atoms with E-state index in [9.17, 15) is 0 Å². The van der Waals surface area contributed by atoms with Crippen molar-refractivity contribution in [3.8, 4) is 0 Å². The lowest BCUT2D eigenvalue weighted by molar-refractivity contribution is 0.116. The molecule has 0 saturated heterocycles. The van der Waals surface area contributed by atoms with Crippen molar-refractivity contribution in [3.63, 3.8) is 0 Å². The highest BCUT2D eigenvalue weighted by Gasteiger charge is 2.20. The Hall–Kier alpha value is -1.25. The quantitative estimate of drug-likeness (QED) is 0.523. The van der Waals surface area contributed by atoms with E-state index in [-0.39, 0.29) is 12.3 Å². The van der Waals surface area contributed by atoms with E-state index >= 15 is 0 Å². The minimum Gasteiger partial charge on any atom is -0.472 e. The first-order valence-corrected chi connectivity index (χ1v) is 3.23. The lowest BCUT2D eigenvalue weighted by Crippen LogP contribution is -2.39. The van der Waals surface area contributed by atoms with E-state index in [0.717, 1.165) is 0 Å². The maximum absolute atomic E-state index is 5.19. The van der Waals surface area contributed by atoms with Gasteiger partial charge in [0.05, 0.1) is 0 Å². The summed E-state index contributed by atoms with van der Waals surface area (Å²) in [6.45, 7) is 0. The normalized spacial score (nSPS) is 34.4. The topological polar surface area (TPSA) is 33.6 Å². The summed E-state index contributed by atoms with van der Waals surface area (Å²) in [6, 6.07) is 0.218. The first kappa shape index (κ1) is 5.53. The lowest BCUT2D eigenvalue weighted by Gasteiger charge is -2.26. The average molecular weight is 136 g/mol. The maximum atomic E-state index is 5.19. The Morgan fingerprint density at radius 3 is 3.40 bits per heavy atom. The van der Waals surface area contributed by atoms with E-state index in [1.807, 2.05) is 12.2 Å². The Morgan fingerprint density at radius 1 is 1.50 bits per heavy atom. The molecule has 52 valence electrons. The monoisotopic (exact) mass is 136 g/mol. The van der Waals surface area contributed by atoms with Crippen LogP contribution in [0.25, 0.3) is 0 Å². The van der Waals surface area contributed by atoms with Gasteiger partial charge in [-0.05, 0) is 6.08 Å². The van der Waals surface area contributed by atoms with Gasteiger partial charge < -0.3 is 10.1 Å². The molecule has 0 radical (unpaired) electrons. The third-order valence-corrected chi connectivity index (χ3v) is 1.52. The minimum absolute atomic E-state index is 0.0602. The number of aliphatic imine (C=N–C) groups is 1. The van der Waals surface area contributed by atoms with Crippen molar-refractivity contribution >= 4 is 6.21 Å². The van der Waals surface area contributed by atoms with Gasteiger partial charge in [0.2, 0.25) is 6.23 Å². The number of rotatable bonds is 0. The zero-order valence-electron chi connectivity index (χ0n) is 5.40. The number of nitrogens with one attached hydrogen (secondary N) is 1. The Kier molecular flexibility index (Phi) is 1.20. The molecule has 3 nitrogen and oxygen atoms in total. The summed E-state index contributed by atoms with van der Waals surface area (Å²) in [5.41, 5.74) is 0. The summed E-state index contributed by atoms with van der Waals surface area (Å²) in [6.07, 6.45) is 9.04. The fraction of sp³-hybridized carbons (Fsp3) is 0.286. The first-order chi connectivity index (χ1) is 4.97. The van der Waals surface area contributed by atoms with Crippen LogP contribution in [0.1, 0.15) is 0 Å². The number of dihydropyridines is 1. The van der Waals surface area contributed by atoms with Crippen LogP contribution in [0.3, 0.4) is 0 Å². The number of allylic oxidation sites excluding steroid dienone is 1. The van der Waals surface area contributed by atoms with Gasteiger partial charge in [-0.1, -0.05) is 6.08 Å². The van der Waals surface area contributed by atoms with Gasteiger partial charge >= 0.3 is 0 Å². The van der Waals surface area contributed by atoms with Crippen molar-refractivity contribution in [1.82, 2.24) is 5.32 Å². The van der Waals surface area contributed by atoms with Crippen LogP contribution >= 0.6 is 0 Å². The molecule has 0 saturated carbocycles. The number of fused-ring (bicyclic) bond motifs is 1. The fourth-order valence-corrected chi connectivity index (χ4v) is 1.02. The predicted octanol–water partition coefficient (Wildman–Crippen LogP) is 0.413. The zero-order chi connectivity index (χ0) is 6.81. The smallest absolute Gasteiger partial charge is 0.212 e. The molecule has 3 heteroatoms. The van der Waals surface area contributed by atoms with Crippen LogP contribution in [-0.4, -0.2) is 18.5 Å². The SMILES string of the molecule is C1=CC2NC=COC2N=C1. The standard InChI is InChI=1S/C7H8N2O/c1-2-6-7(9-3-1)10-5-4-8-6/h1-8H. The molecule has 0 bridgehead atoms. The molecule has 0 amide bonds. The summed E-state index contributed by atoms with van der Waals surface area (Å²) >= 11 is 0. The van der Waals surface area contributed by atoms with Crippen LogP contribution in [0.5, 0.6) is 0 Å². The molecule has 0 aromatic heterocycles.